The number of piperidine rings is 1. The highest BCUT2D eigenvalue weighted by Gasteiger charge is 2.17. The smallest absolute Gasteiger partial charge is 0.373 e. The number of oxazole rings is 1. The Kier molecular flexibility index (Phi) is 3.01. The fourth-order valence-electron chi connectivity index (χ4n) is 1.84. The predicted octanol–water partition coefficient (Wildman–Crippen LogP) is 0.915. The molecule has 2 rings (SSSR count). The van der Waals surface area contributed by atoms with Gasteiger partial charge in [0.2, 0.25) is 5.76 Å². The van der Waals surface area contributed by atoms with Crippen LogP contribution >= 0.6 is 0 Å². The van der Waals surface area contributed by atoms with Crippen LogP contribution in [0, 0.1) is 5.92 Å². The predicted molar refractivity (Wildman–Crippen MR) is 52.8 cm³/mol. The molecule has 0 unspecified atom stereocenters. The van der Waals surface area contributed by atoms with Crippen LogP contribution in [0.4, 0.5) is 0 Å². The van der Waals surface area contributed by atoms with Gasteiger partial charge in [-0.1, -0.05) is 0 Å². The van der Waals surface area contributed by atoms with E-state index < -0.39 is 5.97 Å². The number of nitrogens with one attached hydrogen (secondary N) is 1. The minimum atomic E-state index is -1.06. The molecule has 1 aromatic heterocycles. The number of aromatic nitrogens is 1. The molecule has 15 heavy (non-hydrogen) atoms. The molecule has 2 N–H and O–H groups in total. The summed E-state index contributed by atoms with van der Waals surface area (Å²) in [5, 5.41) is 11.9. The van der Waals surface area contributed by atoms with Crippen LogP contribution in [0.15, 0.2) is 10.6 Å². The maximum atomic E-state index is 10.6. The topological polar surface area (TPSA) is 75.4 Å². The summed E-state index contributed by atoms with van der Waals surface area (Å²) in [5.74, 6) is -0.0242. The van der Waals surface area contributed by atoms with E-state index in [-0.39, 0.29) is 5.76 Å². The summed E-state index contributed by atoms with van der Waals surface area (Å²) >= 11 is 0. The molecule has 1 aliphatic rings. The molecular formula is C10H14N2O3. The zero-order chi connectivity index (χ0) is 10.7. The molecule has 1 aromatic rings. The number of aromatic carboxylic acids is 1. The van der Waals surface area contributed by atoms with Gasteiger partial charge in [-0.15, -0.1) is 0 Å². The highest BCUT2D eigenvalue weighted by atomic mass is 16.4. The first-order valence-electron chi connectivity index (χ1n) is 5.14. The van der Waals surface area contributed by atoms with Gasteiger partial charge in [-0.05, 0) is 31.8 Å². The summed E-state index contributed by atoms with van der Waals surface area (Å²) < 4.78 is 5.12. The molecule has 1 saturated heterocycles. The van der Waals surface area contributed by atoms with Gasteiger partial charge < -0.3 is 14.8 Å². The van der Waals surface area contributed by atoms with Crippen LogP contribution in [0.3, 0.4) is 0 Å². The number of carboxylic acid groups (broad SMARTS) is 1. The Balaban J connectivity index is 1.94. The number of carbonyl (C=O) groups is 1. The molecule has 0 amide bonds. The van der Waals surface area contributed by atoms with Crippen LogP contribution in [0.2, 0.25) is 0 Å². The van der Waals surface area contributed by atoms with Gasteiger partial charge in [0.25, 0.3) is 0 Å². The van der Waals surface area contributed by atoms with Crippen molar-refractivity contribution in [3.05, 3.63) is 17.8 Å². The van der Waals surface area contributed by atoms with Crippen LogP contribution < -0.4 is 5.32 Å². The standard InChI is InChI=1S/C10H14N2O3/c13-10(14)8-6-12-9(15-8)5-7-1-3-11-4-2-7/h6-7,11H,1-5H2,(H,13,14). The van der Waals surface area contributed by atoms with Crippen molar-refractivity contribution in [2.75, 3.05) is 13.1 Å². The molecule has 0 aromatic carbocycles. The van der Waals surface area contributed by atoms with Crippen LogP contribution in [-0.4, -0.2) is 29.1 Å². The van der Waals surface area contributed by atoms with E-state index in [9.17, 15) is 4.79 Å². The molecule has 0 atom stereocenters. The van der Waals surface area contributed by atoms with Crippen molar-refractivity contribution >= 4 is 5.97 Å². The molecule has 0 bridgehead atoms. The van der Waals surface area contributed by atoms with Gasteiger partial charge in [-0.25, -0.2) is 9.78 Å². The van der Waals surface area contributed by atoms with Crippen LogP contribution in [0.1, 0.15) is 29.3 Å². The lowest BCUT2D eigenvalue weighted by atomic mass is 9.95. The van der Waals surface area contributed by atoms with Crippen molar-refractivity contribution < 1.29 is 14.3 Å². The number of rotatable bonds is 3. The average molecular weight is 210 g/mol. The van der Waals surface area contributed by atoms with Crippen molar-refractivity contribution in [1.29, 1.82) is 0 Å². The first-order chi connectivity index (χ1) is 7.25. The molecule has 0 saturated carbocycles. The summed E-state index contributed by atoms with van der Waals surface area (Å²) in [5.41, 5.74) is 0. The van der Waals surface area contributed by atoms with Gasteiger partial charge in [0, 0.05) is 6.42 Å². The molecule has 5 nitrogen and oxygen atoms in total. The molecule has 5 heteroatoms. The summed E-state index contributed by atoms with van der Waals surface area (Å²) in [7, 11) is 0. The second kappa shape index (κ2) is 4.44. The van der Waals surface area contributed by atoms with Gasteiger partial charge in [-0.2, -0.15) is 0 Å². The maximum Gasteiger partial charge on any atom is 0.373 e. The number of hydrogen-bond donors (Lipinski definition) is 2. The quantitative estimate of drug-likeness (QED) is 0.775. The Morgan fingerprint density at radius 3 is 2.93 bits per heavy atom. The van der Waals surface area contributed by atoms with Crippen LogP contribution in [0.5, 0.6) is 0 Å². The number of hydrogen-bond acceptors (Lipinski definition) is 4. The molecule has 0 radical (unpaired) electrons. The number of nitrogens with zero attached hydrogens (tertiary/aromatic N) is 1. The third-order valence-electron chi connectivity index (χ3n) is 2.69. The summed E-state index contributed by atoms with van der Waals surface area (Å²) in [6.07, 6.45) is 4.23. The summed E-state index contributed by atoms with van der Waals surface area (Å²) in [6.45, 7) is 2.05. The second-order valence-electron chi connectivity index (χ2n) is 3.82. The van der Waals surface area contributed by atoms with Gasteiger partial charge in [0.15, 0.2) is 5.89 Å². The Bertz CT molecular complexity index is 342. The Morgan fingerprint density at radius 1 is 1.60 bits per heavy atom. The van der Waals surface area contributed by atoms with Gasteiger partial charge in [-0.3, -0.25) is 0 Å². The van der Waals surface area contributed by atoms with Crippen molar-refractivity contribution in [3.8, 4) is 0 Å². The maximum absolute atomic E-state index is 10.6. The van der Waals surface area contributed by atoms with Crippen molar-refractivity contribution in [1.82, 2.24) is 10.3 Å². The molecule has 1 aliphatic heterocycles. The number of carboxylic acids is 1. The van der Waals surface area contributed by atoms with E-state index in [0.717, 1.165) is 32.4 Å². The third-order valence-corrected chi connectivity index (χ3v) is 2.69. The van der Waals surface area contributed by atoms with Crippen molar-refractivity contribution in [3.63, 3.8) is 0 Å². The monoisotopic (exact) mass is 210 g/mol. The fraction of sp³-hybridized carbons (Fsp3) is 0.600. The zero-order valence-corrected chi connectivity index (χ0v) is 8.40. The lowest BCUT2D eigenvalue weighted by Gasteiger charge is -2.20. The summed E-state index contributed by atoms with van der Waals surface area (Å²) in [4.78, 5) is 14.5. The largest absolute Gasteiger partial charge is 0.475 e. The normalized spacial score (nSPS) is 17.9. The highest BCUT2D eigenvalue weighted by molar-refractivity contribution is 5.83. The van der Waals surface area contributed by atoms with Crippen LogP contribution in [0.25, 0.3) is 0 Å². The molecule has 2 heterocycles. The molecule has 1 fully saturated rings. The molecule has 0 aliphatic carbocycles. The van der Waals surface area contributed by atoms with E-state index >= 15 is 0 Å². The van der Waals surface area contributed by atoms with E-state index in [4.69, 9.17) is 9.52 Å². The first-order valence-corrected chi connectivity index (χ1v) is 5.14. The minimum Gasteiger partial charge on any atom is -0.475 e. The average Bonchev–Trinajstić information content (AvgIpc) is 2.68. The Labute approximate surface area is 87.5 Å². The lowest BCUT2D eigenvalue weighted by molar-refractivity contribution is 0.0659. The van der Waals surface area contributed by atoms with E-state index in [1.54, 1.807) is 0 Å². The lowest BCUT2D eigenvalue weighted by Crippen LogP contribution is -2.28. The van der Waals surface area contributed by atoms with E-state index in [1.165, 1.54) is 6.20 Å². The Morgan fingerprint density at radius 2 is 2.33 bits per heavy atom. The third kappa shape index (κ3) is 2.56. The Hall–Kier alpha value is -1.36. The molecular weight excluding hydrogens is 196 g/mol. The zero-order valence-electron chi connectivity index (χ0n) is 8.40. The molecule has 82 valence electrons. The van der Waals surface area contributed by atoms with Gasteiger partial charge >= 0.3 is 5.97 Å². The van der Waals surface area contributed by atoms with E-state index in [1.807, 2.05) is 0 Å². The molecule has 0 spiro atoms. The SMILES string of the molecule is O=C(O)c1cnc(CC2CCNCC2)o1. The van der Waals surface area contributed by atoms with Gasteiger partial charge in [0.05, 0.1) is 6.20 Å². The van der Waals surface area contributed by atoms with Crippen molar-refractivity contribution in [2.45, 2.75) is 19.3 Å². The van der Waals surface area contributed by atoms with Crippen molar-refractivity contribution in [2.24, 2.45) is 5.92 Å². The second-order valence-corrected chi connectivity index (χ2v) is 3.82. The summed E-state index contributed by atoms with van der Waals surface area (Å²) in [6, 6.07) is 0. The first kappa shape index (κ1) is 10.2. The van der Waals surface area contributed by atoms with E-state index in [0.29, 0.717) is 11.8 Å². The van der Waals surface area contributed by atoms with E-state index in [2.05, 4.69) is 10.3 Å². The van der Waals surface area contributed by atoms with Crippen LogP contribution in [-0.2, 0) is 6.42 Å². The fourth-order valence-corrected chi connectivity index (χ4v) is 1.84. The minimum absolute atomic E-state index is 0.0704. The van der Waals surface area contributed by atoms with Gasteiger partial charge in [0.1, 0.15) is 0 Å². The highest BCUT2D eigenvalue weighted by Crippen LogP contribution is 2.17.